The van der Waals surface area contributed by atoms with Crippen molar-refractivity contribution in [3.63, 3.8) is 0 Å². The quantitative estimate of drug-likeness (QED) is 0.874. The summed E-state index contributed by atoms with van der Waals surface area (Å²) in [5, 5.41) is 4.25. The van der Waals surface area contributed by atoms with Gasteiger partial charge in [-0.2, -0.15) is 0 Å². The Kier molecular flexibility index (Phi) is 4.69. The minimum Gasteiger partial charge on any atom is -0.497 e. The molecule has 0 aliphatic carbocycles. The molecule has 0 bridgehead atoms. The summed E-state index contributed by atoms with van der Waals surface area (Å²) >= 11 is 5.88. The molecule has 2 nitrogen and oxygen atoms in total. The van der Waals surface area contributed by atoms with E-state index in [2.05, 4.69) is 24.4 Å². The molecule has 2 aromatic carbocycles. The molecule has 0 heterocycles. The van der Waals surface area contributed by atoms with E-state index in [4.69, 9.17) is 16.3 Å². The SMILES string of the molecule is COc1ccc(NC(C)Cc2ccc(Cl)cc2)cc1. The van der Waals surface area contributed by atoms with Crippen molar-refractivity contribution in [1.82, 2.24) is 0 Å². The van der Waals surface area contributed by atoms with Gasteiger partial charge < -0.3 is 10.1 Å². The number of rotatable bonds is 5. The normalized spacial score (nSPS) is 11.9. The third-order valence-corrected chi connectivity index (χ3v) is 3.21. The molecule has 0 amide bonds. The number of hydrogen-bond acceptors (Lipinski definition) is 2. The van der Waals surface area contributed by atoms with Crippen LogP contribution in [0.3, 0.4) is 0 Å². The second-order valence-electron chi connectivity index (χ2n) is 4.60. The monoisotopic (exact) mass is 275 g/mol. The van der Waals surface area contributed by atoms with Crippen molar-refractivity contribution in [3.8, 4) is 5.75 Å². The Labute approximate surface area is 119 Å². The maximum absolute atomic E-state index is 5.88. The molecule has 1 N–H and O–H groups in total. The average Bonchev–Trinajstić information content (AvgIpc) is 2.42. The lowest BCUT2D eigenvalue weighted by atomic mass is 10.1. The topological polar surface area (TPSA) is 21.3 Å². The minimum atomic E-state index is 0.356. The molecule has 2 rings (SSSR count). The highest BCUT2D eigenvalue weighted by Gasteiger charge is 2.04. The van der Waals surface area contributed by atoms with E-state index in [0.717, 1.165) is 22.9 Å². The number of hydrogen-bond donors (Lipinski definition) is 1. The van der Waals surface area contributed by atoms with E-state index in [0.29, 0.717) is 6.04 Å². The van der Waals surface area contributed by atoms with Crippen LogP contribution in [0.15, 0.2) is 48.5 Å². The highest BCUT2D eigenvalue weighted by Crippen LogP contribution is 2.17. The van der Waals surface area contributed by atoms with Gasteiger partial charge in [-0.1, -0.05) is 23.7 Å². The van der Waals surface area contributed by atoms with Gasteiger partial charge in [0.1, 0.15) is 5.75 Å². The first-order valence-electron chi connectivity index (χ1n) is 6.32. The molecular weight excluding hydrogens is 258 g/mol. The smallest absolute Gasteiger partial charge is 0.119 e. The average molecular weight is 276 g/mol. The Morgan fingerprint density at radius 1 is 1.05 bits per heavy atom. The molecule has 19 heavy (non-hydrogen) atoms. The third-order valence-electron chi connectivity index (χ3n) is 2.96. The first kappa shape index (κ1) is 13.8. The van der Waals surface area contributed by atoms with E-state index in [1.54, 1.807) is 7.11 Å². The summed E-state index contributed by atoms with van der Waals surface area (Å²) in [7, 11) is 1.67. The number of halogens is 1. The van der Waals surface area contributed by atoms with E-state index in [1.807, 2.05) is 36.4 Å². The van der Waals surface area contributed by atoms with Crippen LogP contribution in [-0.2, 0) is 6.42 Å². The summed E-state index contributed by atoms with van der Waals surface area (Å²) in [4.78, 5) is 0. The maximum atomic E-state index is 5.88. The number of ether oxygens (including phenoxy) is 1. The van der Waals surface area contributed by atoms with Crippen LogP contribution in [0, 0.1) is 0 Å². The van der Waals surface area contributed by atoms with Gasteiger partial charge in [0.2, 0.25) is 0 Å². The molecule has 0 saturated heterocycles. The lowest BCUT2D eigenvalue weighted by Crippen LogP contribution is -2.17. The molecule has 0 aromatic heterocycles. The zero-order valence-corrected chi connectivity index (χ0v) is 11.9. The van der Waals surface area contributed by atoms with E-state index in [1.165, 1.54) is 5.56 Å². The maximum Gasteiger partial charge on any atom is 0.119 e. The highest BCUT2D eigenvalue weighted by atomic mass is 35.5. The Balaban J connectivity index is 1.92. The highest BCUT2D eigenvalue weighted by molar-refractivity contribution is 6.30. The molecular formula is C16H18ClNO. The largest absolute Gasteiger partial charge is 0.497 e. The van der Waals surface area contributed by atoms with Crippen molar-refractivity contribution >= 4 is 17.3 Å². The summed E-state index contributed by atoms with van der Waals surface area (Å²) in [6, 6.07) is 16.3. The predicted octanol–water partition coefficient (Wildman–Crippen LogP) is 4.39. The van der Waals surface area contributed by atoms with E-state index in [-0.39, 0.29) is 0 Å². The molecule has 2 aromatic rings. The lowest BCUT2D eigenvalue weighted by Gasteiger charge is -2.15. The van der Waals surface area contributed by atoms with Crippen molar-refractivity contribution in [1.29, 1.82) is 0 Å². The van der Waals surface area contributed by atoms with Crippen LogP contribution in [0.2, 0.25) is 5.02 Å². The molecule has 3 heteroatoms. The fourth-order valence-electron chi connectivity index (χ4n) is 2.00. The van der Waals surface area contributed by atoms with Gasteiger partial charge in [-0.25, -0.2) is 0 Å². The minimum absolute atomic E-state index is 0.356. The molecule has 0 spiro atoms. The van der Waals surface area contributed by atoms with Crippen LogP contribution < -0.4 is 10.1 Å². The van der Waals surface area contributed by atoms with E-state index in [9.17, 15) is 0 Å². The fraction of sp³-hybridized carbons (Fsp3) is 0.250. The summed E-state index contributed by atoms with van der Waals surface area (Å²) in [5.74, 6) is 0.871. The first-order valence-corrected chi connectivity index (χ1v) is 6.70. The second kappa shape index (κ2) is 6.48. The van der Waals surface area contributed by atoms with Crippen molar-refractivity contribution in [3.05, 3.63) is 59.1 Å². The number of nitrogens with one attached hydrogen (secondary N) is 1. The van der Waals surface area contributed by atoms with Crippen LogP contribution in [0.5, 0.6) is 5.75 Å². The summed E-state index contributed by atoms with van der Waals surface area (Å²) in [6.45, 7) is 2.17. The standard InChI is InChI=1S/C16H18ClNO/c1-12(11-13-3-5-14(17)6-4-13)18-15-7-9-16(19-2)10-8-15/h3-10,12,18H,11H2,1-2H3. The van der Waals surface area contributed by atoms with E-state index >= 15 is 0 Å². The molecule has 0 aliphatic rings. The fourth-order valence-corrected chi connectivity index (χ4v) is 2.12. The van der Waals surface area contributed by atoms with Crippen LogP contribution in [0.4, 0.5) is 5.69 Å². The summed E-state index contributed by atoms with van der Waals surface area (Å²) < 4.78 is 5.14. The molecule has 100 valence electrons. The zero-order chi connectivity index (χ0) is 13.7. The van der Waals surface area contributed by atoms with Crippen LogP contribution >= 0.6 is 11.6 Å². The Morgan fingerprint density at radius 3 is 2.26 bits per heavy atom. The molecule has 0 saturated carbocycles. The van der Waals surface area contributed by atoms with Crippen LogP contribution in [-0.4, -0.2) is 13.2 Å². The Bertz CT molecular complexity index is 507. The molecule has 1 atom stereocenters. The van der Waals surface area contributed by atoms with Crippen molar-refractivity contribution < 1.29 is 4.74 Å². The van der Waals surface area contributed by atoms with Gasteiger partial charge in [0, 0.05) is 16.8 Å². The van der Waals surface area contributed by atoms with Gasteiger partial charge in [-0.15, -0.1) is 0 Å². The van der Waals surface area contributed by atoms with Crippen LogP contribution in [0.1, 0.15) is 12.5 Å². The second-order valence-corrected chi connectivity index (χ2v) is 5.04. The first-order chi connectivity index (χ1) is 9.17. The Morgan fingerprint density at radius 2 is 1.68 bits per heavy atom. The predicted molar refractivity (Wildman–Crippen MR) is 81.2 cm³/mol. The molecule has 0 fully saturated rings. The summed E-state index contributed by atoms with van der Waals surface area (Å²) in [6.07, 6.45) is 0.962. The van der Waals surface area contributed by atoms with Gasteiger partial charge in [0.15, 0.2) is 0 Å². The van der Waals surface area contributed by atoms with Crippen LogP contribution in [0.25, 0.3) is 0 Å². The molecule has 0 radical (unpaired) electrons. The summed E-state index contributed by atoms with van der Waals surface area (Å²) in [5.41, 5.74) is 2.38. The lowest BCUT2D eigenvalue weighted by molar-refractivity contribution is 0.415. The van der Waals surface area contributed by atoms with E-state index < -0.39 is 0 Å². The van der Waals surface area contributed by atoms with Gasteiger partial charge in [0.05, 0.1) is 7.11 Å². The number of benzene rings is 2. The zero-order valence-electron chi connectivity index (χ0n) is 11.2. The van der Waals surface area contributed by atoms with Gasteiger partial charge >= 0.3 is 0 Å². The number of methoxy groups -OCH3 is 1. The third kappa shape index (κ3) is 4.18. The van der Waals surface area contributed by atoms with Crippen molar-refractivity contribution in [2.24, 2.45) is 0 Å². The van der Waals surface area contributed by atoms with Gasteiger partial charge in [-0.05, 0) is 55.3 Å². The van der Waals surface area contributed by atoms with Crippen molar-refractivity contribution in [2.45, 2.75) is 19.4 Å². The van der Waals surface area contributed by atoms with Crippen molar-refractivity contribution in [2.75, 3.05) is 12.4 Å². The number of anilines is 1. The molecule has 0 aliphatic heterocycles. The van der Waals surface area contributed by atoms with Gasteiger partial charge in [-0.3, -0.25) is 0 Å². The molecule has 1 unspecified atom stereocenters. The van der Waals surface area contributed by atoms with Gasteiger partial charge in [0.25, 0.3) is 0 Å². The Hall–Kier alpha value is -1.67.